The van der Waals surface area contributed by atoms with Gasteiger partial charge in [0.2, 0.25) is 0 Å². The predicted octanol–water partition coefficient (Wildman–Crippen LogP) is 1.99. The van der Waals surface area contributed by atoms with E-state index in [1.807, 2.05) is 42.5 Å². The zero-order chi connectivity index (χ0) is 18.9. The molecular weight excluding hydrogens is 346 g/mol. The zero-order valence-corrected chi connectivity index (χ0v) is 15.1. The molecule has 1 saturated heterocycles. The van der Waals surface area contributed by atoms with Crippen molar-refractivity contribution in [1.29, 1.82) is 0 Å². The van der Waals surface area contributed by atoms with Crippen LogP contribution in [0.25, 0.3) is 0 Å². The molecule has 1 heterocycles. The van der Waals surface area contributed by atoms with Crippen molar-refractivity contribution < 1.29 is 19.4 Å². The van der Waals surface area contributed by atoms with Gasteiger partial charge in [0, 0.05) is 6.54 Å². The fourth-order valence-corrected chi connectivity index (χ4v) is 2.84. The van der Waals surface area contributed by atoms with E-state index >= 15 is 0 Å². The van der Waals surface area contributed by atoms with Gasteiger partial charge in [-0.15, -0.1) is 0 Å². The Morgan fingerprint density at radius 1 is 1.07 bits per heavy atom. The van der Waals surface area contributed by atoms with Gasteiger partial charge in [-0.2, -0.15) is 0 Å². The van der Waals surface area contributed by atoms with E-state index in [1.165, 1.54) is 0 Å². The van der Waals surface area contributed by atoms with E-state index in [4.69, 9.17) is 9.47 Å². The monoisotopic (exact) mass is 371 g/mol. The minimum Gasteiger partial charge on any atom is -0.490 e. The average molecular weight is 371 g/mol. The first-order valence-electron chi connectivity index (χ1n) is 9.08. The number of aliphatic hydroxyl groups excluding tert-OH is 1. The van der Waals surface area contributed by atoms with E-state index in [9.17, 15) is 9.90 Å². The van der Waals surface area contributed by atoms with Crippen LogP contribution in [-0.2, 0) is 0 Å². The van der Waals surface area contributed by atoms with Crippen LogP contribution in [-0.4, -0.2) is 49.6 Å². The predicted molar refractivity (Wildman–Crippen MR) is 103 cm³/mol. The highest BCUT2D eigenvalue weighted by molar-refractivity contribution is 5.91. The molecule has 1 aliphatic heterocycles. The number of para-hydroxylation sites is 3. The van der Waals surface area contributed by atoms with E-state index < -0.39 is 6.10 Å². The van der Waals surface area contributed by atoms with Crippen molar-refractivity contribution in [3.8, 4) is 11.5 Å². The zero-order valence-electron chi connectivity index (χ0n) is 15.1. The third-order valence-electron chi connectivity index (χ3n) is 4.25. The number of piperidine rings is 1. The van der Waals surface area contributed by atoms with Crippen molar-refractivity contribution in [2.45, 2.75) is 18.6 Å². The number of carbonyl (C=O) groups excluding carboxylic acids is 1. The second-order valence-electron chi connectivity index (χ2n) is 6.27. The van der Waals surface area contributed by atoms with Crippen molar-refractivity contribution in [2.24, 2.45) is 0 Å². The summed E-state index contributed by atoms with van der Waals surface area (Å²) >= 11 is 0. The molecule has 2 atom stereocenters. The molecule has 7 heteroatoms. The molecule has 1 fully saturated rings. The molecule has 0 aromatic heterocycles. The molecule has 0 bridgehead atoms. The summed E-state index contributed by atoms with van der Waals surface area (Å²) in [5, 5.41) is 18.7. The molecule has 0 saturated carbocycles. The Morgan fingerprint density at radius 2 is 1.81 bits per heavy atom. The number of ether oxygens (including phenoxy) is 2. The molecule has 3 rings (SSSR count). The Kier molecular flexibility index (Phi) is 6.90. The van der Waals surface area contributed by atoms with Crippen LogP contribution in [0.5, 0.6) is 11.5 Å². The molecule has 144 valence electrons. The minimum atomic E-state index is -0.543. The molecule has 7 nitrogen and oxygen atoms in total. The lowest BCUT2D eigenvalue weighted by Gasteiger charge is -2.29. The third-order valence-corrected chi connectivity index (χ3v) is 4.25. The SMILES string of the molecule is O=C(Nc1ccccc1OCCOc1ccccc1)NC1CNCCC1O. The summed E-state index contributed by atoms with van der Waals surface area (Å²) in [6.07, 6.45) is 0.0742. The lowest BCUT2D eigenvalue weighted by Crippen LogP contribution is -2.54. The van der Waals surface area contributed by atoms with Crippen molar-refractivity contribution in [1.82, 2.24) is 10.6 Å². The number of carbonyl (C=O) groups is 1. The number of benzene rings is 2. The minimum absolute atomic E-state index is 0.314. The summed E-state index contributed by atoms with van der Waals surface area (Å²) in [6.45, 7) is 2.04. The molecule has 0 spiro atoms. The average Bonchev–Trinajstić information content (AvgIpc) is 2.69. The molecule has 2 unspecified atom stereocenters. The molecule has 2 aromatic carbocycles. The van der Waals surface area contributed by atoms with Crippen LogP contribution in [0.3, 0.4) is 0 Å². The smallest absolute Gasteiger partial charge is 0.319 e. The van der Waals surface area contributed by atoms with Crippen molar-refractivity contribution in [3.05, 3.63) is 54.6 Å². The quantitative estimate of drug-likeness (QED) is 0.559. The Bertz CT molecular complexity index is 726. The Hall–Kier alpha value is -2.77. The van der Waals surface area contributed by atoms with Gasteiger partial charge in [0.25, 0.3) is 0 Å². The van der Waals surface area contributed by atoms with Crippen LogP contribution in [0.1, 0.15) is 6.42 Å². The van der Waals surface area contributed by atoms with Crippen LogP contribution in [0.4, 0.5) is 10.5 Å². The standard InChI is InChI=1S/C20H25N3O4/c24-18-10-11-21-14-17(18)23-20(25)22-16-8-4-5-9-19(16)27-13-12-26-15-6-2-1-3-7-15/h1-9,17-18,21,24H,10-14H2,(H2,22,23,25). The second kappa shape index (κ2) is 9.80. The van der Waals surface area contributed by atoms with Gasteiger partial charge in [-0.1, -0.05) is 30.3 Å². The molecule has 0 radical (unpaired) electrons. The maximum atomic E-state index is 12.3. The van der Waals surface area contributed by atoms with Gasteiger partial charge in [-0.3, -0.25) is 0 Å². The van der Waals surface area contributed by atoms with Gasteiger partial charge in [-0.05, 0) is 37.2 Å². The maximum absolute atomic E-state index is 12.3. The van der Waals surface area contributed by atoms with Crippen LogP contribution < -0.4 is 25.4 Å². The first-order valence-corrected chi connectivity index (χ1v) is 9.08. The molecule has 27 heavy (non-hydrogen) atoms. The van der Waals surface area contributed by atoms with Crippen molar-refractivity contribution >= 4 is 11.7 Å². The highest BCUT2D eigenvalue weighted by Gasteiger charge is 2.24. The number of aliphatic hydroxyl groups is 1. The Morgan fingerprint density at radius 3 is 2.63 bits per heavy atom. The van der Waals surface area contributed by atoms with Crippen molar-refractivity contribution in [2.75, 3.05) is 31.6 Å². The third kappa shape index (κ3) is 5.87. The summed E-state index contributed by atoms with van der Waals surface area (Å²) < 4.78 is 11.3. The lowest BCUT2D eigenvalue weighted by molar-refractivity contribution is 0.103. The number of anilines is 1. The number of hydrogen-bond acceptors (Lipinski definition) is 5. The van der Waals surface area contributed by atoms with Crippen LogP contribution in [0.15, 0.2) is 54.6 Å². The Balaban J connectivity index is 1.48. The van der Waals surface area contributed by atoms with Gasteiger partial charge in [-0.25, -0.2) is 4.79 Å². The summed E-state index contributed by atoms with van der Waals surface area (Å²) in [7, 11) is 0. The van der Waals surface area contributed by atoms with Gasteiger partial charge in [0.05, 0.1) is 17.8 Å². The van der Waals surface area contributed by atoms with Gasteiger partial charge >= 0.3 is 6.03 Å². The number of amides is 2. The van der Waals surface area contributed by atoms with E-state index in [-0.39, 0.29) is 12.1 Å². The highest BCUT2D eigenvalue weighted by atomic mass is 16.5. The van der Waals surface area contributed by atoms with Gasteiger partial charge in [0.1, 0.15) is 24.7 Å². The summed E-state index contributed by atoms with van der Waals surface area (Å²) in [4.78, 5) is 12.3. The molecule has 1 aliphatic rings. The van der Waals surface area contributed by atoms with E-state index in [0.29, 0.717) is 37.6 Å². The fourth-order valence-electron chi connectivity index (χ4n) is 2.84. The van der Waals surface area contributed by atoms with Crippen LogP contribution in [0, 0.1) is 0 Å². The largest absolute Gasteiger partial charge is 0.490 e. The highest BCUT2D eigenvalue weighted by Crippen LogP contribution is 2.23. The molecule has 0 aliphatic carbocycles. The number of nitrogens with one attached hydrogen (secondary N) is 3. The van der Waals surface area contributed by atoms with Crippen LogP contribution >= 0.6 is 0 Å². The second-order valence-corrected chi connectivity index (χ2v) is 6.27. The molecular formula is C20H25N3O4. The number of rotatable bonds is 7. The van der Waals surface area contributed by atoms with E-state index in [0.717, 1.165) is 12.3 Å². The molecule has 2 amide bonds. The van der Waals surface area contributed by atoms with Crippen molar-refractivity contribution in [3.63, 3.8) is 0 Å². The number of urea groups is 1. The lowest BCUT2D eigenvalue weighted by atomic mass is 10.0. The van der Waals surface area contributed by atoms with E-state index in [2.05, 4.69) is 16.0 Å². The number of hydrogen-bond donors (Lipinski definition) is 4. The first-order chi connectivity index (χ1) is 13.2. The summed E-state index contributed by atoms with van der Waals surface area (Å²) in [6, 6.07) is 16.0. The van der Waals surface area contributed by atoms with E-state index in [1.54, 1.807) is 12.1 Å². The molecule has 4 N–H and O–H groups in total. The Labute approximate surface area is 158 Å². The maximum Gasteiger partial charge on any atom is 0.319 e. The fraction of sp³-hybridized carbons (Fsp3) is 0.350. The van der Waals surface area contributed by atoms with Gasteiger partial charge in [0.15, 0.2) is 0 Å². The first kappa shape index (κ1) is 19.0. The summed E-state index contributed by atoms with van der Waals surface area (Å²) in [5.74, 6) is 1.35. The topological polar surface area (TPSA) is 91.9 Å². The van der Waals surface area contributed by atoms with Gasteiger partial charge < -0.3 is 30.5 Å². The molecule has 2 aromatic rings. The van der Waals surface area contributed by atoms with Crippen LogP contribution in [0.2, 0.25) is 0 Å². The summed E-state index contributed by atoms with van der Waals surface area (Å²) in [5.41, 5.74) is 0.563. The normalized spacial score (nSPS) is 19.1.